The van der Waals surface area contributed by atoms with Gasteiger partial charge in [-0.05, 0) is 24.3 Å². The molecule has 0 atom stereocenters. The zero-order valence-corrected chi connectivity index (χ0v) is 13.2. The molecule has 0 bridgehead atoms. The van der Waals surface area contributed by atoms with Crippen molar-refractivity contribution in [3.8, 4) is 5.75 Å². The number of hydrogen-bond acceptors (Lipinski definition) is 5. The van der Waals surface area contributed by atoms with Crippen LogP contribution in [-0.4, -0.2) is 25.9 Å². The van der Waals surface area contributed by atoms with E-state index in [0.717, 1.165) is 18.6 Å². The number of sulfonamides is 1. The second-order valence-corrected chi connectivity index (χ2v) is 7.11. The van der Waals surface area contributed by atoms with Gasteiger partial charge in [0.1, 0.15) is 10.6 Å². The number of amidine groups is 1. The van der Waals surface area contributed by atoms with Crippen LogP contribution < -0.4 is 10.1 Å². The van der Waals surface area contributed by atoms with Gasteiger partial charge in [0.2, 0.25) is 0 Å². The van der Waals surface area contributed by atoms with Gasteiger partial charge in [-0.1, -0.05) is 32.0 Å². The molecule has 110 valence electrons. The van der Waals surface area contributed by atoms with Crippen molar-refractivity contribution in [3.05, 3.63) is 18.2 Å². The maximum atomic E-state index is 12.1. The SMILES string of the molecule is CCCCOc1ccc2c(c1)S(=O)(=O)N=C(SCC)N2. The fraction of sp³-hybridized carbons (Fsp3) is 0.462. The maximum absolute atomic E-state index is 12.1. The van der Waals surface area contributed by atoms with E-state index in [9.17, 15) is 8.42 Å². The van der Waals surface area contributed by atoms with Gasteiger partial charge in [-0.25, -0.2) is 0 Å². The van der Waals surface area contributed by atoms with Crippen molar-refractivity contribution < 1.29 is 13.2 Å². The third kappa shape index (κ3) is 3.46. The molecule has 1 N–H and O–H groups in total. The van der Waals surface area contributed by atoms with Crippen LogP contribution in [0.2, 0.25) is 0 Å². The lowest BCUT2D eigenvalue weighted by Gasteiger charge is -2.18. The fourth-order valence-corrected chi connectivity index (χ4v) is 3.72. The van der Waals surface area contributed by atoms with Gasteiger partial charge in [0.15, 0.2) is 5.17 Å². The Morgan fingerprint density at radius 2 is 2.15 bits per heavy atom. The number of hydrogen-bond donors (Lipinski definition) is 1. The zero-order valence-electron chi connectivity index (χ0n) is 11.5. The highest BCUT2D eigenvalue weighted by Gasteiger charge is 2.25. The normalized spacial score (nSPS) is 16.0. The number of ether oxygens (including phenoxy) is 1. The van der Waals surface area contributed by atoms with E-state index in [1.165, 1.54) is 17.8 Å². The second kappa shape index (κ2) is 6.49. The van der Waals surface area contributed by atoms with Crippen LogP contribution in [0.25, 0.3) is 0 Å². The summed E-state index contributed by atoms with van der Waals surface area (Å²) in [6, 6.07) is 5.03. The van der Waals surface area contributed by atoms with Crippen LogP contribution in [0.5, 0.6) is 5.75 Å². The van der Waals surface area contributed by atoms with Gasteiger partial charge < -0.3 is 10.1 Å². The smallest absolute Gasteiger partial charge is 0.286 e. The van der Waals surface area contributed by atoms with Crippen molar-refractivity contribution in [1.82, 2.24) is 0 Å². The highest BCUT2D eigenvalue weighted by molar-refractivity contribution is 8.14. The predicted octanol–water partition coefficient (Wildman–Crippen LogP) is 3.09. The summed E-state index contributed by atoms with van der Waals surface area (Å²) in [5, 5.41) is 3.44. The highest BCUT2D eigenvalue weighted by Crippen LogP contribution is 2.32. The number of rotatable bonds is 5. The van der Waals surface area contributed by atoms with E-state index in [-0.39, 0.29) is 4.90 Å². The zero-order chi connectivity index (χ0) is 14.6. The molecule has 20 heavy (non-hydrogen) atoms. The number of thioether (sulfide) groups is 1. The summed E-state index contributed by atoms with van der Waals surface area (Å²) in [4.78, 5) is 0.173. The van der Waals surface area contributed by atoms with Crippen molar-refractivity contribution in [3.63, 3.8) is 0 Å². The van der Waals surface area contributed by atoms with Crippen molar-refractivity contribution in [2.24, 2.45) is 4.40 Å². The van der Waals surface area contributed by atoms with Gasteiger partial charge >= 0.3 is 0 Å². The molecule has 1 aromatic carbocycles. The van der Waals surface area contributed by atoms with Crippen molar-refractivity contribution in [1.29, 1.82) is 0 Å². The molecule has 0 saturated heterocycles. The summed E-state index contributed by atoms with van der Waals surface area (Å²) in [5.41, 5.74) is 0.554. The summed E-state index contributed by atoms with van der Waals surface area (Å²) in [6.45, 7) is 4.61. The third-order valence-corrected chi connectivity index (χ3v) is 4.91. The minimum atomic E-state index is -3.64. The molecule has 0 fully saturated rings. The lowest BCUT2D eigenvalue weighted by atomic mass is 10.3. The maximum Gasteiger partial charge on any atom is 0.286 e. The molecule has 1 aromatic rings. The summed E-state index contributed by atoms with van der Waals surface area (Å²) in [5.74, 6) is 1.32. The average molecular weight is 314 g/mol. The molecular formula is C13H18N2O3S2. The summed E-state index contributed by atoms with van der Waals surface area (Å²) < 4.78 is 33.6. The Balaban J connectivity index is 2.25. The number of nitrogens with one attached hydrogen (secondary N) is 1. The summed E-state index contributed by atoms with van der Waals surface area (Å²) in [6.07, 6.45) is 1.98. The van der Waals surface area contributed by atoms with Crippen molar-refractivity contribution in [2.75, 3.05) is 17.7 Å². The van der Waals surface area contributed by atoms with E-state index >= 15 is 0 Å². The van der Waals surface area contributed by atoms with E-state index < -0.39 is 10.0 Å². The van der Waals surface area contributed by atoms with E-state index in [2.05, 4.69) is 16.6 Å². The Morgan fingerprint density at radius 1 is 1.35 bits per heavy atom. The first-order chi connectivity index (χ1) is 9.56. The van der Waals surface area contributed by atoms with Crippen molar-refractivity contribution in [2.45, 2.75) is 31.6 Å². The minimum Gasteiger partial charge on any atom is -0.494 e. The monoisotopic (exact) mass is 314 g/mol. The second-order valence-electron chi connectivity index (χ2n) is 4.29. The molecule has 1 aliphatic heterocycles. The minimum absolute atomic E-state index is 0.173. The van der Waals surface area contributed by atoms with Gasteiger partial charge in [-0.2, -0.15) is 8.42 Å². The summed E-state index contributed by atoms with van der Waals surface area (Å²) >= 11 is 1.37. The van der Waals surface area contributed by atoms with Gasteiger partial charge in [0.25, 0.3) is 10.0 Å². The lowest BCUT2D eigenvalue weighted by Crippen LogP contribution is -2.19. The molecule has 0 amide bonds. The Kier molecular flexibility index (Phi) is 4.93. The number of anilines is 1. The molecule has 0 aromatic heterocycles. The molecule has 1 heterocycles. The Labute approximate surface area is 123 Å². The predicted molar refractivity (Wildman–Crippen MR) is 83.2 cm³/mol. The molecule has 2 rings (SSSR count). The topological polar surface area (TPSA) is 67.8 Å². The Bertz CT molecular complexity index is 612. The third-order valence-electron chi connectivity index (χ3n) is 2.72. The average Bonchev–Trinajstić information content (AvgIpc) is 2.39. The highest BCUT2D eigenvalue weighted by atomic mass is 32.2. The molecule has 1 aliphatic rings. The quantitative estimate of drug-likeness (QED) is 0.846. The van der Waals surface area contributed by atoms with Crippen molar-refractivity contribution >= 4 is 32.6 Å². The van der Waals surface area contributed by atoms with E-state index in [0.29, 0.717) is 23.2 Å². The summed E-state index contributed by atoms with van der Waals surface area (Å²) in [7, 11) is -3.64. The lowest BCUT2D eigenvalue weighted by molar-refractivity contribution is 0.308. The van der Waals surface area contributed by atoms with Gasteiger partial charge in [-0.15, -0.1) is 4.40 Å². The number of nitrogens with zero attached hydrogens (tertiary/aromatic N) is 1. The van der Waals surface area contributed by atoms with Gasteiger partial charge in [0, 0.05) is 6.07 Å². The van der Waals surface area contributed by atoms with Gasteiger partial charge in [-0.3, -0.25) is 0 Å². The number of benzene rings is 1. The molecule has 0 radical (unpaired) electrons. The number of unbranched alkanes of at least 4 members (excludes halogenated alkanes) is 1. The van der Waals surface area contributed by atoms with Gasteiger partial charge in [0.05, 0.1) is 12.3 Å². The van der Waals surface area contributed by atoms with Crippen LogP contribution in [0.3, 0.4) is 0 Å². The first kappa shape index (κ1) is 15.2. The molecule has 5 nitrogen and oxygen atoms in total. The van der Waals surface area contributed by atoms with Crippen LogP contribution in [0, 0.1) is 0 Å². The standard InChI is InChI=1S/C13H18N2O3S2/c1-3-5-8-18-10-6-7-11-12(9-10)20(16,17)15-13(14-11)19-4-2/h6-7,9H,3-5,8H2,1-2H3,(H,14,15). The molecule has 0 saturated carbocycles. The Morgan fingerprint density at radius 3 is 2.85 bits per heavy atom. The molecule has 0 spiro atoms. The van der Waals surface area contributed by atoms with E-state index in [1.807, 2.05) is 6.92 Å². The van der Waals surface area contributed by atoms with Crippen LogP contribution in [0.1, 0.15) is 26.7 Å². The first-order valence-electron chi connectivity index (χ1n) is 6.58. The number of fused-ring (bicyclic) bond motifs is 1. The van der Waals surface area contributed by atoms with Crippen LogP contribution in [-0.2, 0) is 10.0 Å². The molecular weight excluding hydrogens is 296 g/mol. The molecule has 0 aliphatic carbocycles. The largest absolute Gasteiger partial charge is 0.494 e. The Hall–Kier alpha value is -1.21. The van der Waals surface area contributed by atoms with E-state index in [4.69, 9.17) is 4.74 Å². The van der Waals surface area contributed by atoms with E-state index in [1.54, 1.807) is 12.1 Å². The fourth-order valence-electron chi connectivity index (χ4n) is 1.74. The van der Waals surface area contributed by atoms with Crippen LogP contribution in [0.15, 0.2) is 27.5 Å². The van der Waals surface area contributed by atoms with Crippen LogP contribution in [0.4, 0.5) is 5.69 Å². The van der Waals surface area contributed by atoms with Crippen LogP contribution >= 0.6 is 11.8 Å². The first-order valence-corrected chi connectivity index (χ1v) is 9.01. The molecule has 0 unspecified atom stereocenters. The molecule has 7 heteroatoms.